The standard InChI is InChI=1S/C13H24N2O2S/c1-14(2)13(16)9-15(11-5-7-18-10-11)8-12-4-3-6-17-12/h11-12H,3-10H2,1-2H3/t11-,12+/m1/s1. The minimum atomic E-state index is 0.199. The van der Waals surface area contributed by atoms with E-state index in [1.165, 1.54) is 18.6 Å². The number of hydrogen-bond donors (Lipinski definition) is 0. The van der Waals surface area contributed by atoms with Crippen LogP contribution in [0.1, 0.15) is 19.3 Å². The van der Waals surface area contributed by atoms with Crippen molar-refractivity contribution in [3.63, 3.8) is 0 Å². The van der Waals surface area contributed by atoms with Crippen molar-refractivity contribution in [1.29, 1.82) is 0 Å². The molecule has 2 saturated heterocycles. The monoisotopic (exact) mass is 272 g/mol. The highest BCUT2D eigenvalue weighted by Gasteiger charge is 2.28. The Morgan fingerprint density at radius 3 is 2.78 bits per heavy atom. The summed E-state index contributed by atoms with van der Waals surface area (Å²) in [7, 11) is 3.66. The summed E-state index contributed by atoms with van der Waals surface area (Å²) in [6, 6.07) is 0.558. The third kappa shape index (κ3) is 3.87. The zero-order valence-electron chi connectivity index (χ0n) is 11.4. The van der Waals surface area contributed by atoms with Crippen molar-refractivity contribution < 1.29 is 9.53 Å². The summed E-state index contributed by atoms with van der Waals surface area (Å²) < 4.78 is 5.71. The second kappa shape index (κ2) is 6.78. The highest BCUT2D eigenvalue weighted by molar-refractivity contribution is 7.99. The second-order valence-corrected chi connectivity index (χ2v) is 6.52. The molecular formula is C13H24N2O2S. The van der Waals surface area contributed by atoms with Crippen molar-refractivity contribution >= 4 is 17.7 Å². The first-order chi connectivity index (χ1) is 8.66. The summed E-state index contributed by atoms with van der Waals surface area (Å²) in [5.74, 6) is 2.58. The van der Waals surface area contributed by atoms with Crippen LogP contribution in [-0.4, -0.2) is 73.2 Å². The topological polar surface area (TPSA) is 32.8 Å². The van der Waals surface area contributed by atoms with E-state index in [-0.39, 0.29) is 5.91 Å². The van der Waals surface area contributed by atoms with Gasteiger partial charge < -0.3 is 9.64 Å². The first kappa shape index (κ1) is 14.2. The molecule has 2 atom stereocenters. The quantitative estimate of drug-likeness (QED) is 0.749. The molecule has 2 heterocycles. The number of thioether (sulfide) groups is 1. The lowest BCUT2D eigenvalue weighted by Gasteiger charge is -2.30. The average Bonchev–Trinajstić information content (AvgIpc) is 3.00. The number of nitrogens with zero attached hydrogens (tertiary/aromatic N) is 2. The molecule has 0 aromatic rings. The molecule has 0 aliphatic carbocycles. The van der Waals surface area contributed by atoms with E-state index in [9.17, 15) is 4.79 Å². The molecule has 4 nitrogen and oxygen atoms in total. The van der Waals surface area contributed by atoms with Gasteiger partial charge in [0.05, 0.1) is 12.6 Å². The lowest BCUT2D eigenvalue weighted by molar-refractivity contribution is -0.130. The van der Waals surface area contributed by atoms with Crippen LogP contribution in [0.3, 0.4) is 0 Å². The van der Waals surface area contributed by atoms with Gasteiger partial charge in [-0.2, -0.15) is 11.8 Å². The van der Waals surface area contributed by atoms with Gasteiger partial charge in [0.25, 0.3) is 0 Å². The molecule has 0 radical (unpaired) electrons. The fourth-order valence-electron chi connectivity index (χ4n) is 2.52. The molecule has 0 bridgehead atoms. The van der Waals surface area contributed by atoms with Crippen LogP contribution in [0.2, 0.25) is 0 Å². The maximum atomic E-state index is 11.9. The van der Waals surface area contributed by atoms with Gasteiger partial charge in [-0.25, -0.2) is 0 Å². The number of amides is 1. The molecule has 0 aromatic carbocycles. The van der Waals surface area contributed by atoms with Crippen molar-refractivity contribution in [3.05, 3.63) is 0 Å². The van der Waals surface area contributed by atoms with E-state index in [0.717, 1.165) is 25.3 Å². The third-order valence-corrected chi connectivity index (χ3v) is 4.87. The molecule has 2 aliphatic rings. The summed E-state index contributed by atoms with van der Waals surface area (Å²) in [6.07, 6.45) is 3.86. The minimum Gasteiger partial charge on any atom is -0.377 e. The molecule has 0 spiro atoms. The molecular weight excluding hydrogens is 248 g/mol. The SMILES string of the molecule is CN(C)C(=O)CN(C[C@@H]1CCCO1)[C@@H]1CCSC1. The molecule has 0 saturated carbocycles. The van der Waals surface area contributed by atoms with Crippen molar-refractivity contribution in [1.82, 2.24) is 9.80 Å². The second-order valence-electron chi connectivity index (χ2n) is 5.37. The summed E-state index contributed by atoms with van der Waals surface area (Å²) in [5.41, 5.74) is 0. The summed E-state index contributed by atoms with van der Waals surface area (Å²) in [5, 5.41) is 0. The Morgan fingerprint density at radius 2 is 2.22 bits per heavy atom. The molecule has 0 N–H and O–H groups in total. The van der Waals surface area contributed by atoms with E-state index in [1.54, 1.807) is 4.90 Å². The molecule has 2 rings (SSSR count). The number of ether oxygens (including phenoxy) is 1. The van der Waals surface area contributed by atoms with Crippen molar-refractivity contribution in [2.75, 3.05) is 45.3 Å². The van der Waals surface area contributed by atoms with Crippen LogP contribution in [0.5, 0.6) is 0 Å². The van der Waals surface area contributed by atoms with Gasteiger partial charge in [-0.05, 0) is 25.0 Å². The highest BCUT2D eigenvalue weighted by atomic mass is 32.2. The summed E-state index contributed by atoms with van der Waals surface area (Å²) >= 11 is 2.00. The largest absolute Gasteiger partial charge is 0.377 e. The Bertz CT molecular complexity index is 274. The fraction of sp³-hybridized carbons (Fsp3) is 0.923. The van der Waals surface area contributed by atoms with Crippen LogP contribution in [0.15, 0.2) is 0 Å². The number of carbonyl (C=O) groups is 1. The number of carbonyl (C=O) groups excluding carboxylic acids is 1. The van der Waals surface area contributed by atoms with E-state index >= 15 is 0 Å². The fourth-order valence-corrected chi connectivity index (χ4v) is 3.77. The van der Waals surface area contributed by atoms with Gasteiger partial charge in [0, 0.05) is 39.0 Å². The van der Waals surface area contributed by atoms with Crippen LogP contribution in [0.25, 0.3) is 0 Å². The van der Waals surface area contributed by atoms with E-state index in [0.29, 0.717) is 18.7 Å². The Balaban J connectivity index is 1.90. The van der Waals surface area contributed by atoms with Gasteiger partial charge in [0.1, 0.15) is 0 Å². The van der Waals surface area contributed by atoms with Gasteiger partial charge in [-0.15, -0.1) is 0 Å². The molecule has 1 amide bonds. The smallest absolute Gasteiger partial charge is 0.236 e. The zero-order chi connectivity index (χ0) is 13.0. The highest BCUT2D eigenvalue weighted by Crippen LogP contribution is 2.24. The molecule has 0 aromatic heterocycles. The van der Waals surface area contributed by atoms with Crippen LogP contribution in [-0.2, 0) is 9.53 Å². The Labute approximate surface area is 114 Å². The predicted octanol–water partition coefficient (Wildman–Crippen LogP) is 1.06. The summed E-state index contributed by atoms with van der Waals surface area (Å²) in [4.78, 5) is 16.0. The van der Waals surface area contributed by atoms with Crippen molar-refractivity contribution in [2.24, 2.45) is 0 Å². The Hall–Kier alpha value is -0.260. The lowest BCUT2D eigenvalue weighted by Crippen LogP contribution is -2.46. The Morgan fingerprint density at radius 1 is 1.39 bits per heavy atom. The first-order valence-electron chi connectivity index (χ1n) is 6.80. The minimum absolute atomic E-state index is 0.199. The van der Waals surface area contributed by atoms with E-state index < -0.39 is 0 Å². The van der Waals surface area contributed by atoms with E-state index in [2.05, 4.69) is 4.90 Å². The first-order valence-corrected chi connectivity index (χ1v) is 7.96. The van der Waals surface area contributed by atoms with Crippen LogP contribution < -0.4 is 0 Å². The van der Waals surface area contributed by atoms with Gasteiger partial charge in [0.2, 0.25) is 5.91 Å². The van der Waals surface area contributed by atoms with Gasteiger partial charge >= 0.3 is 0 Å². The predicted molar refractivity (Wildman–Crippen MR) is 75.0 cm³/mol. The molecule has 5 heteroatoms. The third-order valence-electron chi connectivity index (χ3n) is 3.72. The maximum absolute atomic E-state index is 11.9. The maximum Gasteiger partial charge on any atom is 0.236 e. The molecule has 18 heavy (non-hydrogen) atoms. The molecule has 0 unspecified atom stereocenters. The van der Waals surface area contributed by atoms with Crippen LogP contribution in [0, 0.1) is 0 Å². The van der Waals surface area contributed by atoms with Gasteiger partial charge in [-0.1, -0.05) is 0 Å². The zero-order valence-corrected chi connectivity index (χ0v) is 12.2. The normalized spacial score (nSPS) is 27.9. The molecule has 2 aliphatic heterocycles. The van der Waals surface area contributed by atoms with Gasteiger partial charge in [-0.3, -0.25) is 9.69 Å². The molecule has 104 valence electrons. The van der Waals surface area contributed by atoms with Crippen LogP contribution in [0.4, 0.5) is 0 Å². The van der Waals surface area contributed by atoms with Crippen molar-refractivity contribution in [3.8, 4) is 0 Å². The number of hydrogen-bond acceptors (Lipinski definition) is 4. The Kier molecular flexibility index (Phi) is 5.33. The lowest BCUT2D eigenvalue weighted by atomic mass is 10.1. The average molecular weight is 272 g/mol. The molecule has 2 fully saturated rings. The van der Waals surface area contributed by atoms with E-state index in [4.69, 9.17) is 4.74 Å². The van der Waals surface area contributed by atoms with Crippen LogP contribution >= 0.6 is 11.8 Å². The van der Waals surface area contributed by atoms with Gasteiger partial charge in [0.15, 0.2) is 0 Å². The number of rotatable bonds is 5. The van der Waals surface area contributed by atoms with Crippen molar-refractivity contribution in [2.45, 2.75) is 31.4 Å². The summed E-state index contributed by atoms with van der Waals surface area (Å²) in [6.45, 7) is 2.35. The number of likely N-dealkylation sites (N-methyl/N-ethyl adjacent to an activating group) is 1. The van der Waals surface area contributed by atoms with E-state index in [1.807, 2.05) is 25.9 Å².